The molecule has 0 saturated carbocycles. The second kappa shape index (κ2) is 6.44. The van der Waals surface area contributed by atoms with E-state index in [1.54, 1.807) is 0 Å². The first kappa shape index (κ1) is 12.9. The van der Waals surface area contributed by atoms with Gasteiger partial charge in [0.15, 0.2) is 6.04 Å². The number of carbonyl (C=O) groups excluding carboxylic acids is 1. The summed E-state index contributed by atoms with van der Waals surface area (Å²) in [5, 5.41) is 13.8. The molecule has 16 heavy (non-hydrogen) atoms. The fourth-order valence-corrected chi connectivity index (χ4v) is 1.66. The molecule has 1 rings (SSSR count). The standard InChI is InChI=1S/C10H18N2O4/c1-11-8(10(14)15)9(13)12-6-7-2-4-16-5-3-7/h7-8,11H,2-6H2,1H3,(H,12,13)(H,14,15). The third kappa shape index (κ3) is 3.79. The highest BCUT2D eigenvalue weighted by molar-refractivity contribution is 6.01. The van der Waals surface area contributed by atoms with Crippen molar-refractivity contribution in [1.82, 2.24) is 10.6 Å². The van der Waals surface area contributed by atoms with Crippen LogP contribution in [0.1, 0.15) is 12.8 Å². The third-order valence-electron chi connectivity index (χ3n) is 2.70. The van der Waals surface area contributed by atoms with Gasteiger partial charge in [0.05, 0.1) is 0 Å². The molecule has 3 N–H and O–H groups in total. The van der Waals surface area contributed by atoms with E-state index in [1.807, 2.05) is 0 Å². The molecule has 0 radical (unpaired) electrons. The average Bonchev–Trinajstić information content (AvgIpc) is 2.28. The SMILES string of the molecule is CNC(C(=O)O)C(=O)NCC1CCOCC1. The molecular formula is C10H18N2O4. The summed E-state index contributed by atoms with van der Waals surface area (Å²) in [5.41, 5.74) is 0. The van der Waals surface area contributed by atoms with Crippen molar-refractivity contribution >= 4 is 11.9 Å². The number of carboxylic acids is 1. The zero-order valence-corrected chi connectivity index (χ0v) is 9.36. The van der Waals surface area contributed by atoms with Crippen molar-refractivity contribution in [3.63, 3.8) is 0 Å². The normalized spacial score (nSPS) is 19.1. The summed E-state index contributed by atoms with van der Waals surface area (Å²) in [6.07, 6.45) is 1.83. The number of aliphatic carboxylic acids is 1. The van der Waals surface area contributed by atoms with Crippen molar-refractivity contribution in [2.24, 2.45) is 5.92 Å². The molecule has 0 aliphatic carbocycles. The van der Waals surface area contributed by atoms with Gasteiger partial charge in [0, 0.05) is 19.8 Å². The Hall–Kier alpha value is -1.14. The van der Waals surface area contributed by atoms with Gasteiger partial charge in [-0.05, 0) is 25.8 Å². The largest absolute Gasteiger partial charge is 0.480 e. The van der Waals surface area contributed by atoms with Gasteiger partial charge >= 0.3 is 5.97 Å². The van der Waals surface area contributed by atoms with E-state index in [9.17, 15) is 9.59 Å². The Bertz CT molecular complexity index is 251. The molecule has 0 spiro atoms. The number of hydrogen-bond acceptors (Lipinski definition) is 4. The van der Waals surface area contributed by atoms with Crippen LogP contribution in [0.2, 0.25) is 0 Å². The van der Waals surface area contributed by atoms with Crippen LogP contribution in [0.15, 0.2) is 0 Å². The first-order valence-corrected chi connectivity index (χ1v) is 5.40. The molecule has 0 aromatic carbocycles. The van der Waals surface area contributed by atoms with Crippen molar-refractivity contribution in [2.75, 3.05) is 26.8 Å². The van der Waals surface area contributed by atoms with Gasteiger partial charge in [0.25, 0.3) is 0 Å². The molecule has 92 valence electrons. The van der Waals surface area contributed by atoms with E-state index in [-0.39, 0.29) is 0 Å². The number of likely N-dealkylation sites (N-methyl/N-ethyl adjacent to an activating group) is 1. The summed E-state index contributed by atoms with van der Waals surface area (Å²) in [7, 11) is 1.45. The number of ether oxygens (including phenoxy) is 1. The van der Waals surface area contributed by atoms with Gasteiger partial charge in [-0.3, -0.25) is 10.1 Å². The summed E-state index contributed by atoms with van der Waals surface area (Å²) >= 11 is 0. The Kier molecular flexibility index (Phi) is 5.21. The van der Waals surface area contributed by atoms with E-state index in [1.165, 1.54) is 7.05 Å². The Balaban J connectivity index is 2.30. The number of rotatable bonds is 5. The smallest absolute Gasteiger partial charge is 0.330 e. The van der Waals surface area contributed by atoms with Crippen molar-refractivity contribution < 1.29 is 19.4 Å². The number of amides is 1. The minimum atomic E-state index is -1.17. The molecule has 1 unspecified atom stereocenters. The number of hydrogen-bond donors (Lipinski definition) is 3. The summed E-state index contributed by atoms with van der Waals surface area (Å²) < 4.78 is 5.19. The predicted molar refractivity (Wildman–Crippen MR) is 57.0 cm³/mol. The van der Waals surface area contributed by atoms with E-state index in [2.05, 4.69) is 10.6 Å². The van der Waals surface area contributed by atoms with E-state index in [4.69, 9.17) is 9.84 Å². The highest BCUT2D eigenvalue weighted by Crippen LogP contribution is 2.13. The minimum absolute atomic E-state index is 0.393. The fraction of sp³-hybridized carbons (Fsp3) is 0.800. The zero-order chi connectivity index (χ0) is 12.0. The zero-order valence-electron chi connectivity index (χ0n) is 9.36. The topological polar surface area (TPSA) is 87.7 Å². The van der Waals surface area contributed by atoms with E-state index < -0.39 is 17.9 Å². The van der Waals surface area contributed by atoms with Crippen LogP contribution in [0.5, 0.6) is 0 Å². The third-order valence-corrected chi connectivity index (χ3v) is 2.70. The molecule has 1 heterocycles. The number of nitrogens with one attached hydrogen (secondary N) is 2. The molecule has 1 aliphatic rings. The monoisotopic (exact) mass is 230 g/mol. The van der Waals surface area contributed by atoms with Gasteiger partial charge in [-0.2, -0.15) is 0 Å². The van der Waals surface area contributed by atoms with Gasteiger partial charge in [-0.25, -0.2) is 4.79 Å². The molecule has 1 fully saturated rings. The van der Waals surface area contributed by atoms with Crippen LogP contribution in [0.25, 0.3) is 0 Å². The lowest BCUT2D eigenvalue weighted by Gasteiger charge is -2.22. The minimum Gasteiger partial charge on any atom is -0.480 e. The van der Waals surface area contributed by atoms with Crippen LogP contribution in [-0.2, 0) is 14.3 Å². The van der Waals surface area contributed by atoms with E-state index in [0.29, 0.717) is 12.5 Å². The summed E-state index contributed by atoms with van der Waals surface area (Å²) in [6, 6.07) is -1.17. The lowest BCUT2D eigenvalue weighted by Crippen LogP contribution is -2.49. The van der Waals surface area contributed by atoms with Crippen LogP contribution in [0.4, 0.5) is 0 Å². The summed E-state index contributed by atoms with van der Waals surface area (Å²) in [4.78, 5) is 22.2. The van der Waals surface area contributed by atoms with Crippen LogP contribution in [0, 0.1) is 5.92 Å². The maximum Gasteiger partial charge on any atom is 0.330 e. The molecular weight excluding hydrogens is 212 g/mol. The van der Waals surface area contributed by atoms with Crippen LogP contribution < -0.4 is 10.6 Å². The van der Waals surface area contributed by atoms with E-state index >= 15 is 0 Å². The second-order valence-electron chi connectivity index (χ2n) is 3.86. The molecule has 1 aliphatic heterocycles. The maximum atomic E-state index is 11.5. The van der Waals surface area contributed by atoms with Crippen molar-refractivity contribution in [3.8, 4) is 0 Å². The number of carbonyl (C=O) groups is 2. The van der Waals surface area contributed by atoms with Crippen LogP contribution in [-0.4, -0.2) is 49.8 Å². The fourth-order valence-electron chi connectivity index (χ4n) is 1.66. The van der Waals surface area contributed by atoms with Gasteiger partial charge in [0.2, 0.25) is 5.91 Å². The molecule has 1 saturated heterocycles. The lowest BCUT2D eigenvalue weighted by molar-refractivity contribution is -0.143. The first-order chi connectivity index (χ1) is 7.65. The quantitative estimate of drug-likeness (QED) is 0.538. The van der Waals surface area contributed by atoms with Gasteiger partial charge in [0.1, 0.15) is 0 Å². The van der Waals surface area contributed by atoms with E-state index in [0.717, 1.165) is 26.1 Å². The molecule has 6 nitrogen and oxygen atoms in total. The highest BCUT2D eigenvalue weighted by atomic mass is 16.5. The lowest BCUT2D eigenvalue weighted by atomic mass is 10.0. The number of carboxylic acid groups (broad SMARTS) is 1. The van der Waals surface area contributed by atoms with Crippen LogP contribution >= 0.6 is 0 Å². The highest BCUT2D eigenvalue weighted by Gasteiger charge is 2.24. The molecule has 1 atom stereocenters. The van der Waals surface area contributed by atoms with Gasteiger partial charge in [-0.15, -0.1) is 0 Å². The summed E-state index contributed by atoms with van der Waals surface area (Å²) in [5.74, 6) is -1.25. The average molecular weight is 230 g/mol. The molecule has 0 bridgehead atoms. The Morgan fingerprint density at radius 3 is 2.56 bits per heavy atom. The molecule has 6 heteroatoms. The summed E-state index contributed by atoms with van der Waals surface area (Å²) in [6.45, 7) is 1.96. The van der Waals surface area contributed by atoms with Gasteiger partial charge in [-0.1, -0.05) is 0 Å². The van der Waals surface area contributed by atoms with Crippen molar-refractivity contribution in [3.05, 3.63) is 0 Å². The van der Waals surface area contributed by atoms with Crippen molar-refractivity contribution in [1.29, 1.82) is 0 Å². The Morgan fingerprint density at radius 1 is 1.44 bits per heavy atom. The predicted octanol–water partition coefficient (Wildman–Crippen LogP) is -0.798. The first-order valence-electron chi connectivity index (χ1n) is 5.40. The molecule has 0 aromatic heterocycles. The maximum absolute atomic E-state index is 11.5. The Labute approximate surface area is 94.3 Å². The van der Waals surface area contributed by atoms with Crippen LogP contribution in [0.3, 0.4) is 0 Å². The van der Waals surface area contributed by atoms with Crippen molar-refractivity contribution in [2.45, 2.75) is 18.9 Å². The Morgan fingerprint density at radius 2 is 2.06 bits per heavy atom. The van der Waals surface area contributed by atoms with Gasteiger partial charge < -0.3 is 15.2 Å². The molecule has 0 aromatic rings. The second-order valence-corrected chi connectivity index (χ2v) is 3.86. The molecule has 1 amide bonds.